The molecule has 0 unspecified atom stereocenters. The van der Waals surface area contributed by atoms with Gasteiger partial charge < -0.3 is 16.2 Å². The van der Waals surface area contributed by atoms with Gasteiger partial charge in [-0.25, -0.2) is 0 Å². The lowest BCUT2D eigenvalue weighted by Gasteiger charge is -2.08. The van der Waals surface area contributed by atoms with Crippen LogP contribution >= 0.6 is 37.7 Å². The fourth-order valence-corrected chi connectivity index (χ4v) is 1.61. The van der Waals surface area contributed by atoms with Crippen LogP contribution in [0.4, 0.5) is 11.4 Å². The number of hydrogen-bond donors (Lipinski definition) is 4. The molecule has 0 aliphatic rings. The minimum Gasteiger partial charge on any atom is -0.457 e. The summed E-state index contributed by atoms with van der Waals surface area (Å²) >= 11 is 8.38. The van der Waals surface area contributed by atoms with Crippen LogP contribution in [-0.4, -0.2) is 0 Å². The van der Waals surface area contributed by atoms with Gasteiger partial charge in [-0.15, -0.1) is 37.7 Å². The van der Waals surface area contributed by atoms with Crippen molar-refractivity contribution in [1.29, 1.82) is 0 Å². The van der Waals surface area contributed by atoms with Crippen LogP contribution < -0.4 is 16.2 Å². The molecule has 0 amide bonds. The molecule has 18 heavy (non-hydrogen) atoms. The van der Waals surface area contributed by atoms with Gasteiger partial charge in [0.05, 0.1) is 0 Å². The Morgan fingerprint density at radius 2 is 1.17 bits per heavy atom. The topological polar surface area (TPSA) is 61.3 Å². The minimum absolute atomic E-state index is 0. The number of anilines is 2. The summed E-state index contributed by atoms with van der Waals surface area (Å²) in [6.07, 6.45) is 0. The third kappa shape index (κ3) is 3.41. The van der Waals surface area contributed by atoms with Crippen molar-refractivity contribution in [1.82, 2.24) is 0 Å². The van der Waals surface area contributed by atoms with E-state index in [1.54, 1.807) is 36.4 Å². The van der Waals surface area contributed by atoms with Crippen LogP contribution in [0.2, 0.25) is 0 Å². The zero-order valence-electron chi connectivity index (χ0n) is 9.33. The average molecular weight is 301 g/mol. The zero-order valence-corrected chi connectivity index (χ0v) is 11.9. The van der Waals surface area contributed by atoms with Gasteiger partial charge in [0, 0.05) is 33.3 Å². The van der Waals surface area contributed by atoms with Crippen LogP contribution in [0.1, 0.15) is 0 Å². The van der Waals surface area contributed by atoms with Crippen LogP contribution in [0.25, 0.3) is 0 Å². The number of thiol groups is 2. The first-order chi connectivity index (χ1) is 8.06. The van der Waals surface area contributed by atoms with Gasteiger partial charge >= 0.3 is 0 Å². The number of nitrogen functional groups attached to an aromatic ring is 2. The standard InChI is InChI=1S/C12H12N2OS2.ClH/c13-9-5-7(1-3-11(9)16)15-8-2-4-12(17)10(14)6-8;/h1-6,16-17H,13-14H2;1H. The molecule has 96 valence electrons. The first kappa shape index (κ1) is 14.9. The van der Waals surface area contributed by atoms with Gasteiger partial charge in [0.15, 0.2) is 0 Å². The lowest BCUT2D eigenvalue weighted by atomic mass is 10.3. The van der Waals surface area contributed by atoms with Gasteiger partial charge in [-0.05, 0) is 24.3 Å². The van der Waals surface area contributed by atoms with Gasteiger partial charge in [0.25, 0.3) is 0 Å². The molecule has 0 atom stereocenters. The van der Waals surface area contributed by atoms with E-state index in [-0.39, 0.29) is 12.4 Å². The van der Waals surface area contributed by atoms with Crippen LogP contribution in [0.15, 0.2) is 46.2 Å². The third-order valence-electron chi connectivity index (χ3n) is 2.23. The highest BCUT2D eigenvalue weighted by atomic mass is 35.5. The molecule has 0 saturated heterocycles. The molecule has 2 rings (SSSR count). The van der Waals surface area contributed by atoms with Crippen LogP contribution in [-0.2, 0) is 0 Å². The lowest BCUT2D eigenvalue weighted by molar-refractivity contribution is 0.482. The summed E-state index contributed by atoms with van der Waals surface area (Å²) in [6, 6.07) is 10.6. The molecular formula is C12H13ClN2OS2. The van der Waals surface area contributed by atoms with E-state index < -0.39 is 0 Å². The molecule has 0 radical (unpaired) electrons. The summed E-state index contributed by atoms with van der Waals surface area (Å²) in [7, 11) is 0. The lowest BCUT2D eigenvalue weighted by Crippen LogP contribution is -1.91. The van der Waals surface area contributed by atoms with E-state index in [0.29, 0.717) is 22.9 Å². The van der Waals surface area contributed by atoms with E-state index >= 15 is 0 Å². The molecule has 6 heteroatoms. The summed E-state index contributed by atoms with van der Waals surface area (Å²) in [5.41, 5.74) is 12.6. The fourth-order valence-electron chi connectivity index (χ4n) is 1.33. The number of rotatable bonds is 2. The van der Waals surface area contributed by atoms with E-state index in [4.69, 9.17) is 16.2 Å². The van der Waals surface area contributed by atoms with Crippen molar-refractivity contribution < 1.29 is 4.74 Å². The van der Waals surface area contributed by atoms with E-state index in [9.17, 15) is 0 Å². The van der Waals surface area contributed by atoms with Crippen molar-refractivity contribution in [2.75, 3.05) is 11.5 Å². The summed E-state index contributed by atoms with van der Waals surface area (Å²) < 4.78 is 5.62. The number of ether oxygens (including phenoxy) is 1. The van der Waals surface area contributed by atoms with E-state index in [1.165, 1.54) is 0 Å². The Morgan fingerprint density at radius 3 is 1.50 bits per heavy atom. The predicted octanol–water partition coefficient (Wildman–Crippen LogP) is 3.64. The maximum absolute atomic E-state index is 5.73. The molecule has 0 fully saturated rings. The zero-order chi connectivity index (χ0) is 12.4. The number of nitrogens with two attached hydrogens (primary N) is 2. The highest BCUT2D eigenvalue weighted by Crippen LogP contribution is 2.29. The van der Waals surface area contributed by atoms with Gasteiger partial charge in [0.2, 0.25) is 0 Å². The van der Waals surface area contributed by atoms with Crippen LogP contribution in [0.5, 0.6) is 11.5 Å². The van der Waals surface area contributed by atoms with Gasteiger partial charge in [-0.3, -0.25) is 0 Å². The molecule has 0 spiro atoms. The predicted molar refractivity (Wildman–Crippen MR) is 83.5 cm³/mol. The Bertz CT molecular complexity index is 514. The monoisotopic (exact) mass is 300 g/mol. The van der Waals surface area contributed by atoms with Gasteiger partial charge in [-0.1, -0.05) is 0 Å². The Hall–Kier alpha value is -1.17. The Kier molecular flexibility index (Phi) is 5.07. The molecule has 0 aliphatic heterocycles. The van der Waals surface area contributed by atoms with Crippen LogP contribution in [0, 0.1) is 0 Å². The van der Waals surface area contributed by atoms with E-state index in [1.807, 2.05) is 0 Å². The highest BCUT2D eigenvalue weighted by molar-refractivity contribution is 7.80. The average Bonchev–Trinajstić information content (AvgIpc) is 2.29. The second-order valence-corrected chi connectivity index (χ2v) is 4.51. The number of halogens is 1. The summed E-state index contributed by atoms with van der Waals surface area (Å²) in [6.45, 7) is 0. The molecule has 0 bridgehead atoms. The summed E-state index contributed by atoms with van der Waals surface area (Å²) in [4.78, 5) is 1.45. The molecular weight excluding hydrogens is 288 g/mol. The molecule has 2 aromatic rings. The van der Waals surface area contributed by atoms with Crippen molar-refractivity contribution in [3.63, 3.8) is 0 Å². The maximum atomic E-state index is 5.73. The smallest absolute Gasteiger partial charge is 0.129 e. The van der Waals surface area contributed by atoms with Gasteiger partial charge in [0.1, 0.15) is 11.5 Å². The van der Waals surface area contributed by atoms with E-state index in [0.717, 1.165) is 9.79 Å². The Labute approximate surface area is 123 Å². The molecule has 0 heterocycles. The fraction of sp³-hybridized carbons (Fsp3) is 0. The first-order valence-corrected chi connectivity index (χ1v) is 5.80. The quantitative estimate of drug-likeness (QED) is 0.506. The number of benzene rings is 2. The minimum atomic E-state index is 0. The Balaban J connectivity index is 0.00000162. The molecule has 0 aromatic heterocycles. The van der Waals surface area contributed by atoms with Crippen molar-refractivity contribution >= 4 is 49.0 Å². The Morgan fingerprint density at radius 1 is 0.778 bits per heavy atom. The van der Waals surface area contributed by atoms with Crippen molar-refractivity contribution in [2.24, 2.45) is 0 Å². The van der Waals surface area contributed by atoms with Gasteiger partial charge in [-0.2, -0.15) is 0 Å². The summed E-state index contributed by atoms with van der Waals surface area (Å²) in [5, 5.41) is 0. The van der Waals surface area contributed by atoms with Crippen molar-refractivity contribution in [3.05, 3.63) is 36.4 Å². The second-order valence-electron chi connectivity index (χ2n) is 3.54. The molecule has 3 nitrogen and oxygen atoms in total. The van der Waals surface area contributed by atoms with Crippen LogP contribution in [0.3, 0.4) is 0 Å². The second kappa shape index (κ2) is 6.13. The molecule has 2 aromatic carbocycles. The highest BCUT2D eigenvalue weighted by Gasteiger charge is 2.02. The van der Waals surface area contributed by atoms with Crippen molar-refractivity contribution in [3.8, 4) is 11.5 Å². The largest absolute Gasteiger partial charge is 0.457 e. The first-order valence-electron chi connectivity index (χ1n) is 4.91. The SMILES string of the molecule is Cl.Nc1cc(Oc2ccc(S)c(N)c2)ccc1S. The molecule has 0 saturated carbocycles. The normalized spacial score (nSPS) is 9.67. The van der Waals surface area contributed by atoms with Crippen molar-refractivity contribution in [2.45, 2.75) is 9.79 Å². The summed E-state index contributed by atoms with van der Waals surface area (Å²) in [5.74, 6) is 1.29. The van der Waals surface area contributed by atoms with E-state index in [2.05, 4.69) is 25.3 Å². The maximum Gasteiger partial charge on any atom is 0.129 e. The third-order valence-corrected chi connectivity index (χ3v) is 3.05. The molecule has 4 N–H and O–H groups in total. The number of hydrogen-bond acceptors (Lipinski definition) is 5. The molecule has 0 aliphatic carbocycles.